The molecule has 0 radical (unpaired) electrons. The minimum atomic E-state index is -0.408. The topological polar surface area (TPSA) is 37.4 Å². The molecule has 1 unspecified atom stereocenters. The summed E-state index contributed by atoms with van der Waals surface area (Å²) in [6, 6.07) is 8.72. The fourth-order valence-corrected chi connectivity index (χ4v) is 1.17. The summed E-state index contributed by atoms with van der Waals surface area (Å²) in [6.07, 6.45) is 0.682. The first-order chi connectivity index (χ1) is 6.66. The molecule has 0 aliphatic heterocycles. The lowest BCUT2D eigenvalue weighted by Crippen LogP contribution is -2.36. The third kappa shape index (κ3) is 2.19. The second-order valence-electron chi connectivity index (χ2n) is 3.13. The molecule has 0 N–H and O–H groups in total. The van der Waals surface area contributed by atoms with E-state index < -0.39 is 6.04 Å². The van der Waals surface area contributed by atoms with Gasteiger partial charge >= 0.3 is 0 Å². The quantitative estimate of drug-likeness (QED) is 0.678. The third-order valence-corrected chi connectivity index (χ3v) is 2.17. The van der Waals surface area contributed by atoms with Crippen molar-refractivity contribution in [2.45, 2.75) is 19.9 Å². The Morgan fingerprint density at radius 3 is 2.36 bits per heavy atom. The Morgan fingerprint density at radius 1 is 1.36 bits per heavy atom. The predicted octanol–water partition coefficient (Wildman–Crippen LogP) is 1.63. The van der Waals surface area contributed by atoms with Crippen LogP contribution < -0.4 is 4.90 Å². The first-order valence-electron chi connectivity index (χ1n) is 4.46. The minimum absolute atomic E-state index is 0.0269. The van der Waals surface area contributed by atoms with E-state index in [-0.39, 0.29) is 5.78 Å². The molecule has 0 bridgehead atoms. The predicted molar refractivity (Wildman–Crippen MR) is 55.1 cm³/mol. The molecule has 0 saturated heterocycles. The Kier molecular flexibility index (Phi) is 3.40. The highest BCUT2D eigenvalue weighted by Crippen LogP contribution is 2.14. The van der Waals surface area contributed by atoms with Gasteiger partial charge in [0.25, 0.3) is 0 Å². The molecule has 0 saturated carbocycles. The Labute approximate surface area is 83.3 Å². The summed E-state index contributed by atoms with van der Waals surface area (Å²) in [4.78, 5) is 23.4. The molecule has 1 amide bonds. The molecule has 1 aromatic rings. The van der Waals surface area contributed by atoms with Crippen LogP contribution in [0.2, 0.25) is 0 Å². The van der Waals surface area contributed by atoms with Crippen LogP contribution in [0, 0.1) is 0 Å². The molecule has 1 aromatic carbocycles. The lowest BCUT2D eigenvalue weighted by atomic mass is 10.2. The molecule has 3 nitrogen and oxygen atoms in total. The van der Waals surface area contributed by atoms with Crippen molar-refractivity contribution in [2.75, 3.05) is 4.90 Å². The number of Topliss-reactive ketones (excluding diaryl/α,β-unsaturated/α-hetero) is 1. The van der Waals surface area contributed by atoms with E-state index in [4.69, 9.17) is 0 Å². The van der Waals surface area contributed by atoms with E-state index in [2.05, 4.69) is 0 Å². The molecule has 1 atom stereocenters. The van der Waals surface area contributed by atoms with Crippen LogP contribution in [0.4, 0.5) is 5.69 Å². The maximum absolute atomic E-state index is 11.1. The van der Waals surface area contributed by atoms with Gasteiger partial charge in [-0.3, -0.25) is 9.59 Å². The second-order valence-corrected chi connectivity index (χ2v) is 3.13. The third-order valence-electron chi connectivity index (χ3n) is 2.17. The van der Waals surface area contributed by atoms with Crippen LogP contribution in [-0.2, 0) is 9.59 Å². The van der Waals surface area contributed by atoms with Gasteiger partial charge in [0.05, 0.1) is 6.04 Å². The van der Waals surface area contributed by atoms with Crippen LogP contribution in [0.3, 0.4) is 0 Å². The van der Waals surface area contributed by atoms with Gasteiger partial charge in [0, 0.05) is 5.69 Å². The molecule has 3 heteroatoms. The fourth-order valence-electron chi connectivity index (χ4n) is 1.17. The van der Waals surface area contributed by atoms with E-state index in [0.717, 1.165) is 5.69 Å². The van der Waals surface area contributed by atoms with Gasteiger partial charge < -0.3 is 4.90 Å². The summed E-state index contributed by atoms with van der Waals surface area (Å²) in [5, 5.41) is 0. The number of rotatable bonds is 4. The van der Waals surface area contributed by atoms with Gasteiger partial charge in [-0.25, -0.2) is 0 Å². The lowest BCUT2D eigenvalue weighted by Gasteiger charge is -2.22. The van der Waals surface area contributed by atoms with Crippen molar-refractivity contribution in [3.63, 3.8) is 0 Å². The molecule has 1 rings (SSSR count). The number of para-hydroxylation sites is 1. The largest absolute Gasteiger partial charge is 0.305 e. The van der Waals surface area contributed by atoms with Crippen LogP contribution in [0.15, 0.2) is 30.3 Å². The zero-order valence-electron chi connectivity index (χ0n) is 8.31. The summed E-state index contributed by atoms with van der Waals surface area (Å²) in [5.74, 6) is -0.0269. The van der Waals surface area contributed by atoms with Crippen molar-refractivity contribution < 1.29 is 9.59 Å². The monoisotopic (exact) mass is 191 g/mol. The molecular formula is C11H13NO2. The van der Waals surface area contributed by atoms with Crippen molar-refractivity contribution in [3.05, 3.63) is 30.3 Å². The van der Waals surface area contributed by atoms with Gasteiger partial charge in [-0.15, -0.1) is 0 Å². The van der Waals surface area contributed by atoms with Crippen molar-refractivity contribution in [2.24, 2.45) is 0 Å². The highest BCUT2D eigenvalue weighted by Gasteiger charge is 2.16. The number of amides is 1. The van der Waals surface area contributed by atoms with Crippen LogP contribution >= 0.6 is 0 Å². The second kappa shape index (κ2) is 4.56. The van der Waals surface area contributed by atoms with Crippen LogP contribution in [0.25, 0.3) is 0 Å². The highest BCUT2D eigenvalue weighted by molar-refractivity contribution is 5.91. The van der Waals surface area contributed by atoms with Crippen molar-refractivity contribution >= 4 is 17.9 Å². The van der Waals surface area contributed by atoms with E-state index in [1.165, 1.54) is 11.8 Å². The molecule has 0 aromatic heterocycles. The summed E-state index contributed by atoms with van der Waals surface area (Å²) in [7, 11) is 0. The number of hydrogen-bond acceptors (Lipinski definition) is 2. The average molecular weight is 191 g/mol. The number of carbonyl (C=O) groups excluding carboxylic acids is 2. The number of ketones is 1. The number of hydrogen-bond donors (Lipinski definition) is 0. The molecule has 74 valence electrons. The Hall–Kier alpha value is -1.64. The highest BCUT2D eigenvalue weighted by atomic mass is 16.1. The number of benzene rings is 1. The van der Waals surface area contributed by atoms with Crippen molar-refractivity contribution in [1.82, 2.24) is 0 Å². The van der Waals surface area contributed by atoms with Gasteiger partial charge in [-0.05, 0) is 26.0 Å². The first kappa shape index (κ1) is 10.4. The van der Waals surface area contributed by atoms with Gasteiger partial charge in [0.2, 0.25) is 6.41 Å². The standard InChI is InChI=1S/C11H13NO2/c1-9(10(2)14)12(8-13)11-6-4-3-5-7-11/h3-9H,1-2H3. The van der Waals surface area contributed by atoms with Crippen LogP contribution in [-0.4, -0.2) is 18.2 Å². The molecule has 0 aliphatic rings. The summed E-state index contributed by atoms with van der Waals surface area (Å²) in [6.45, 7) is 3.19. The van der Waals surface area contributed by atoms with Gasteiger partial charge in [0.15, 0.2) is 5.78 Å². The fraction of sp³-hybridized carbons (Fsp3) is 0.273. The molecule has 0 fully saturated rings. The summed E-state index contributed by atoms with van der Waals surface area (Å²) in [5.41, 5.74) is 0.741. The van der Waals surface area contributed by atoms with Gasteiger partial charge in [0.1, 0.15) is 0 Å². The zero-order valence-corrected chi connectivity index (χ0v) is 8.31. The number of carbonyl (C=O) groups is 2. The van der Waals surface area contributed by atoms with E-state index in [1.807, 2.05) is 18.2 Å². The Balaban J connectivity index is 2.93. The van der Waals surface area contributed by atoms with E-state index in [1.54, 1.807) is 19.1 Å². The normalized spacial score (nSPS) is 11.9. The van der Waals surface area contributed by atoms with Crippen LogP contribution in [0.5, 0.6) is 0 Å². The van der Waals surface area contributed by atoms with Crippen molar-refractivity contribution in [3.8, 4) is 0 Å². The molecular weight excluding hydrogens is 178 g/mol. The van der Waals surface area contributed by atoms with Gasteiger partial charge in [-0.2, -0.15) is 0 Å². The Morgan fingerprint density at radius 2 is 1.93 bits per heavy atom. The van der Waals surface area contributed by atoms with Crippen molar-refractivity contribution in [1.29, 1.82) is 0 Å². The molecule has 0 heterocycles. The first-order valence-corrected chi connectivity index (χ1v) is 4.46. The minimum Gasteiger partial charge on any atom is -0.305 e. The van der Waals surface area contributed by atoms with Gasteiger partial charge in [-0.1, -0.05) is 18.2 Å². The maximum Gasteiger partial charge on any atom is 0.214 e. The Bertz CT molecular complexity index is 321. The summed E-state index contributed by atoms with van der Waals surface area (Å²) >= 11 is 0. The SMILES string of the molecule is CC(=O)C(C)N(C=O)c1ccccc1. The molecule has 14 heavy (non-hydrogen) atoms. The molecule has 0 spiro atoms. The maximum atomic E-state index is 11.1. The van der Waals surface area contributed by atoms with E-state index >= 15 is 0 Å². The number of nitrogens with zero attached hydrogens (tertiary/aromatic N) is 1. The average Bonchev–Trinajstić information content (AvgIpc) is 2.20. The number of anilines is 1. The zero-order chi connectivity index (χ0) is 10.6. The molecule has 0 aliphatic carbocycles. The smallest absolute Gasteiger partial charge is 0.214 e. The lowest BCUT2D eigenvalue weighted by molar-refractivity contribution is -0.119. The van der Waals surface area contributed by atoms with Crippen LogP contribution in [0.1, 0.15) is 13.8 Å². The van der Waals surface area contributed by atoms with E-state index in [9.17, 15) is 9.59 Å². The van der Waals surface area contributed by atoms with E-state index in [0.29, 0.717) is 6.41 Å². The summed E-state index contributed by atoms with van der Waals surface area (Å²) < 4.78 is 0.